The zero-order chi connectivity index (χ0) is 12.4. The van der Waals surface area contributed by atoms with Gasteiger partial charge in [0.25, 0.3) is 0 Å². The van der Waals surface area contributed by atoms with Crippen LogP contribution in [0.4, 0.5) is 0 Å². The van der Waals surface area contributed by atoms with Gasteiger partial charge in [-0.05, 0) is 39.3 Å². The van der Waals surface area contributed by atoms with Crippen molar-refractivity contribution >= 4 is 5.91 Å². The van der Waals surface area contributed by atoms with Crippen LogP contribution in [0.25, 0.3) is 0 Å². The van der Waals surface area contributed by atoms with Crippen LogP contribution in [0, 0.1) is 5.92 Å². The predicted molar refractivity (Wildman–Crippen MR) is 65.6 cm³/mol. The van der Waals surface area contributed by atoms with Crippen molar-refractivity contribution in [2.24, 2.45) is 5.92 Å². The van der Waals surface area contributed by atoms with Crippen molar-refractivity contribution in [2.45, 2.75) is 37.5 Å². The lowest BCUT2D eigenvalue weighted by atomic mass is 10.1. The number of nitrogens with one attached hydrogen (secondary N) is 2. The van der Waals surface area contributed by atoms with Crippen molar-refractivity contribution in [1.82, 2.24) is 15.5 Å². The van der Waals surface area contributed by atoms with E-state index in [9.17, 15) is 9.90 Å². The van der Waals surface area contributed by atoms with Gasteiger partial charge in [0.1, 0.15) is 0 Å². The molecule has 3 atom stereocenters. The first-order valence-electron chi connectivity index (χ1n) is 6.43. The Morgan fingerprint density at radius 2 is 2.24 bits per heavy atom. The second-order valence-electron chi connectivity index (χ2n) is 5.46. The van der Waals surface area contributed by atoms with E-state index in [-0.39, 0.29) is 18.1 Å². The first kappa shape index (κ1) is 12.8. The maximum absolute atomic E-state index is 11.9. The van der Waals surface area contributed by atoms with E-state index in [0.717, 1.165) is 5.92 Å². The van der Waals surface area contributed by atoms with Gasteiger partial charge >= 0.3 is 0 Å². The number of β-amino-alcohol motifs (C(OH)–C–C–N with tert-alkyl or cyclic N) is 1. The van der Waals surface area contributed by atoms with Gasteiger partial charge in [0, 0.05) is 19.1 Å². The van der Waals surface area contributed by atoms with E-state index < -0.39 is 0 Å². The quantitative estimate of drug-likeness (QED) is 0.587. The van der Waals surface area contributed by atoms with Crippen LogP contribution in [-0.4, -0.2) is 61.3 Å². The van der Waals surface area contributed by atoms with Gasteiger partial charge in [-0.3, -0.25) is 4.79 Å². The molecule has 0 aromatic carbocycles. The van der Waals surface area contributed by atoms with Gasteiger partial charge in [-0.25, -0.2) is 0 Å². The van der Waals surface area contributed by atoms with Crippen molar-refractivity contribution in [2.75, 3.05) is 27.2 Å². The lowest BCUT2D eigenvalue weighted by Gasteiger charge is -2.25. The Bertz CT molecular complexity index is 277. The molecule has 0 spiro atoms. The Labute approximate surface area is 103 Å². The van der Waals surface area contributed by atoms with Gasteiger partial charge in [-0.15, -0.1) is 0 Å². The maximum Gasteiger partial charge on any atom is 0.237 e. The standard InChI is InChI=1S/C12H23N3O2/c1-15(2)11(8-3-4-8)7-14-12(17)10-5-9(16)6-13-10/h8-11,13,16H,3-7H2,1-2H3,(H,14,17)/t9-,10-,11-/m1/s1. The molecule has 5 nitrogen and oxygen atoms in total. The molecule has 5 heteroatoms. The molecule has 1 aliphatic heterocycles. The summed E-state index contributed by atoms with van der Waals surface area (Å²) < 4.78 is 0. The molecule has 1 amide bonds. The highest BCUT2D eigenvalue weighted by Crippen LogP contribution is 2.34. The molecular formula is C12H23N3O2. The zero-order valence-corrected chi connectivity index (χ0v) is 10.6. The van der Waals surface area contributed by atoms with Crippen LogP contribution in [0.1, 0.15) is 19.3 Å². The van der Waals surface area contributed by atoms with E-state index in [1.54, 1.807) is 0 Å². The summed E-state index contributed by atoms with van der Waals surface area (Å²) in [6.07, 6.45) is 2.71. The molecule has 2 rings (SSSR count). The minimum atomic E-state index is -0.376. The summed E-state index contributed by atoms with van der Waals surface area (Å²) in [5.74, 6) is 0.765. The average Bonchev–Trinajstić information content (AvgIpc) is 3.00. The van der Waals surface area contributed by atoms with E-state index in [1.165, 1.54) is 12.8 Å². The smallest absolute Gasteiger partial charge is 0.237 e. The molecule has 0 bridgehead atoms. The number of carbonyl (C=O) groups is 1. The number of aliphatic hydroxyl groups is 1. The van der Waals surface area contributed by atoms with Crippen LogP contribution in [0.3, 0.4) is 0 Å². The molecule has 1 aliphatic carbocycles. The van der Waals surface area contributed by atoms with Crippen molar-refractivity contribution < 1.29 is 9.90 Å². The van der Waals surface area contributed by atoms with Gasteiger partial charge in [-0.1, -0.05) is 0 Å². The van der Waals surface area contributed by atoms with Gasteiger partial charge in [0.15, 0.2) is 0 Å². The number of amides is 1. The molecule has 3 N–H and O–H groups in total. The third-order valence-electron chi connectivity index (χ3n) is 3.74. The third kappa shape index (κ3) is 3.40. The van der Waals surface area contributed by atoms with E-state index >= 15 is 0 Å². The van der Waals surface area contributed by atoms with Crippen molar-refractivity contribution in [3.63, 3.8) is 0 Å². The van der Waals surface area contributed by atoms with Gasteiger partial charge in [0.05, 0.1) is 12.1 Å². The molecule has 1 saturated carbocycles. The predicted octanol–water partition coefficient (Wildman–Crippen LogP) is -0.834. The molecule has 0 radical (unpaired) electrons. The SMILES string of the molecule is CN(C)[C@H](CNC(=O)[C@H]1C[C@@H](O)CN1)C1CC1. The van der Waals surface area contributed by atoms with Gasteiger partial charge < -0.3 is 20.6 Å². The molecule has 0 unspecified atom stereocenters. The summed E-state index contributed by atoms with van der Waals surface area (Å²) in [5.41, 5.74) is 0. The Hall–Kier alpha value is -0.650. The highest BCUT2D eigenvalue weighted by atomic mass is 16.3. The Balaban J connectivity index is 1.74. The zero-order valence-electron chi connectivity index (χ0n) is 10.6. The average molecular weight is 241 g/mol. The number of nitrogens with zero attached hydrogens (tertiary/aromatic N) is 1. The van der Waals surface area contributed by atoms with E-state index in [4.69, 9.17) is 0 Å². The minimum absolute atomic E-state index is 0.0223. The summed E-state index contributed by atoms with van der Waals surface area (Å²) in [7, 11) is 4.12. The fourth-order valence-corrected chi connectivity index (χ4v) is 2.50. The highest BCUT2D eigenvalue weighted by Gasteiger charge is 2.34. The summed E-state index contributed by atoms with van der Waals surface area (Å²) in [5, 5.41) is 15.4. The third-order valence-corrected chi connectivity index (χ3v) is 3.74. The number of likely N-dealkylation sites (N-methyl/N-ethyl adjacent to an activating group) is 1. The van der Waals surface area contributed by atoms with E-state index in [2.05, 4.69) is 29.6 Å². The fourth-order valence-electron chi connectivity index (χ4n) is 2.50. The minimum Gasteiger partial charge on any atom is -0.392 e. The topological polar surface area (TPSA) is 64.6 Å². The Kier molecular flexibility index (Phi) is 4.01. The monoisotopic (exact) mass is 241 g/mol. The number of rotatable bonds is 5. The lowest BCUT2D eigenvalue weighted by molar-refractivity contribution is -0.123. The van der Waals surface area contributed by atoms with Crippen LogP contribution in [0.2, 0.25) is 0 Å². The molecule has 98 valence electrons. The van der Waals surface area contributed by atoms with Crippen LogP contribution < -0.4 is 10.6 Å². The van der Waals surface area contributed by atoms with E-state index in [1.807, 2.05) is 0 Å². The van der Waals surface area contributed by atoms with Crippen LogP contribution >= 0.6 is 0 Å². The van der Waals surface area contributed by atoms with Crippen molar-refractivity contribution in [3.05, 3.63) is 0 Å². The number of aliphatic hydroxyl groups excluding tert-OH is 1. The number of carbonyl (C=O) groups excluding carboxylic acids is 1. The second-order valence-corrected chi connectivity index (χ2v) is 5.46. The first-order valence-corrected chi connectivity index (χ1v) is 6.43. The normalized spacial score (nSPS) is 30.6. The molecule has 0 aromatic rings. The largest absolute Gasteiger partial charge is 0.392 e. The molecular weight excluding hydrogens is 218 g/mol. The van der Waals surface area contributed by atoms with Crippen LogP contribution in [0.15, 0.2) is 0 Å². The summed E-state index contributed by atoms with van der Waals surface area (Å²) in [4.78, 5) is 14.0. The van der Waals surface area contributed by atoms with Crippen LogP contribution in [-0.2, 0) is 4.79 Å². The number of hydrogen-bond donors (Lipinski definition) is 3. The second kappa shape index (κ2) is 5.33. The summed E-state index contributed by atoms with van der Waals surface area (Å²) in [6, 6.07) is 0.234. The molecule has 0 aromatic heterocycles. The van der Waals surface area contributed by atoms with Gasteiger partial charge in [-0.2, -0.15) is 0 Å². The van der Waals surface area contributed by atoms with E-state index in [0.29, 0.717) is 25.6 Å². The Morgan fingerprint density at radius 1 is 1.53 bits per heavy atom. The first-order chi connectivity index (χ1) is 8.08. The fraction of sp³-hybridized carbons (Fsp3) is 0.917. The van der Waals surface area contributed by atoms with Crippen LogP contribution in [0.5, 0.6) is 0 Å². The highest BCUT2D eigenvalue weighted by molar-refractivity contribution is 5.82. The van der Waals surface area contributed by atoms with Crippen molar-refractivity contribution in [1.29, 1.82) is 0 Å². The molecule has 1 saturated heterocycles. The lowest BCUT2D eigenvalue weighted by Crippen LogP contribution is -2.47. The molecule has 17 heavy (non-hydrogen) atoms. The maximum atomic E-state index is 11.9. The van der Waals surface area contributed by atoms with Crippen molar-refractivity contribution in [3.8, 4) is 0 Å². The molecule has 2 aliphatic rings. The number of hydrogen-bond acceptors (Lipinski definition) is 4. The van der Waals surface area contributed by atoms with Gasteiger partial charge in [0.2, 0.25) is 5.91 Å². The molecule has 1 heterocycles. The molecule has 2 fully saturated rings. The Morgan fingerprint density at radius 3 is 2.71 bits per heavy atom. The summed E-state index contributed by atoms with van der Waals surface area (Å²) in [6.45, 7) is 1.24. The summed E-state index contributed by atoms with van der Waals surface area (Å²) >= 11 is 0.